The number of aromatic nitrogens is 1. The lowest BCUT2D eigenvalue weighted by Gasteiger charge is -2.17. The molecule has 0 fully saturated rings. The van der Waals surface area contributed by atoms with Crippen LogP contribution in [0.15, 0.2) is 42.7 Å². The third-order valence-corrected chi connectivity index (χ3v) is 3.44. The van der Waals surface area contributed by atoms with Gasteiger partial charge in [-0.3, -0.25) is 19.9 Å². The van der Waals surface area contributed by atoms with Crippen molar-refractivity contribution >= 4 is 17.3 Å². The van der Waals surface area contributed by atoms with Crippen molar-refractivity contribution in [2.24, 2.45) is 5.73 Å². The molecule has 7 heteroatoms. The lowest BCUT2D eigenvalue weighted by Crippen LogP contribution is -2.31. The van der Waals surface area contributed by atoms with E-state index in [1.807, 2.05) is 6.07 Å². The molecule has 0 saturated heterocycles. The van der Waals surface area contributed by atoms with Gasteiger partial charge < -0.3 is 10.6 Å². The first kappa shape index (κ1) is 13.2. The highest BCUT2D eigenvalue weighted by Gasteiger charge is 2.35. The van der Waals surface area contributed by atoms with Gasteiger partial charge in [0.2, 0.25) is 5.91 Å². The summed E-state index contributed by atoms with van der Waals surface area (Å²) in [5.74, 6) is -0.269. The standard InChI is InChI=1S/C14H12N4O3/c15-13-11-6-10(18(20)21)3-4-12(11)17(14(13)19)8-9-2-1-5-16-7-9/h1-7,13H,8,15H2. The Morgan fingerprint density at radius 1 is 1.38 bits per heavy atom. The summed E-state index contributed by atoms with van der Waals surface area (Å²) in [6.45, 7) is 0.338. The van der Waals surface area contributed by atoms with Crippen molar-refractivity contribution in [1.29, 1.82) is 0 Å². The molecule has 2 heterocycles. The van der Waals surface area contributed by atoms with Gasteiger partial charge in [-0.25, -0.2) is 0 Å². The zero-order valence-electron chi connectivity index (χ0n) is 11.0. The second-order valence-electron chi connectivity index (χ2n) is 4.76. The number of amides is 1. The van der Waals surface area contributed by atoms with Crippen molar-refractivity contribution in [3.8, 4) is 0 Å². The fraction of sp³-hybridized carbons (Fsp3) is 0.143. The van der Waals surface area contributed by atoms with Crippen molar-refractivity contribution in [3.63, 3.8) is 0 Å². The number of rotatable bonds is 3. The first-order valence-electron chi connectivity index (χ1n) is 6.32. The molecule has 1 aromatic heterocycles. The Hall–Kier alpha value is -2.80. The van der Waals surface area contributed by atoms with Crippen LogP contribution in [-0.2, 0) is 11.3 Å². The van der Waals surface area contributed by atoms with Crippen LogP contribution < -0.4 is 10.6 Å². The first-order chi connectivity index (χ1) is 10.1. The van der Waals surface area contributed by atoms with E-state index in [0.29, 0.717) is 17.8 Å². The predicted molar refractivity (Wildman–Crippen MR) is 75.5 cm³/mol. The Morgan fingerprint density at radius 2 is 2.19 bits per heavy atom. The van der Waals surface area contributed by atoms with E-state index in [4.69, 9.17) is 5.73 Å². The fourth-order valence-electron chi connectivity index (χ4n) is 2.41. The Labute approximate surface area is 120 Å². The molecule has 1 aromatic carbocycles. The van der Waals surface area contributed by atoms with Crippen molar-refractivity contribution in [2.75, 3.05) is 4.90 Å². The molecule has 7 nitrogen and oxygen atoms in total. The summed E-state index contributed by atoms with van der Waals surface area (Å²) in [7, 11) is 0. The average molecular weight is 284 g/mol. The van der Waals surface area contributed by atoms with Gasteiger partial charge in [-0.1, -0.05) is 6.07 Å². The number of nitrogens with two attached hydrogens (primary N) is 1. The van der Waals surface area contributed by atoms with Crippen LogP contribution in [0.2, 0.25) is 0 Å². The number of anilines is 1. The summed E-state index contributed by atoms with van der Waals surface area (Å²) < 4.78 is 0. The number of benzene rings is 1. The van der Waals surface area contributed by atoms with Crippen LogP contribution in [0.4, 0.5) is 11.4 Å². The van der Waals surface area contributed by atoms with Gasteiger partial charge >= 0.3 is 0 Å². The lowest BCUT2D eigenvalue weighted by atomic mass is 10.1. The van der Waals surface area contributed by atoms with Crippen LogP contribution in [0.1, 0.15) is 17.2 Å². The van der Waals surface area contributed by atoms with E-state index in [1.54, 1.807) is 24.5 Å². The maximum atomic E-state index is 12.3. The molecule has 3 rings (SSSR count). The largest absolute Gasteiger partial charge is 0.316 e. The molecule has 21 heavy (non-hydrogen) atoms. The van der Waals surface area contributed by atoms with Crippen LogP contribution in [0.25, 0.3) is 0 Å². The highest BCUT2D eigenvalue weighted by molar-refractivity contribution is 6.04. The third kappa shape index (κ3) is 2.23. The Balaban J connectivity index is 1.98. The maximum absolute atomic E-state index is 12.3. The number of nitro benzene ring substituents is 1. The number of non-ortho nitro benzene ring substituents is 1. The molecule has 106 valence electrons. The minimum Gasteiger partial charge on any atom is -0.316 e. The van der Waals surface area contributed by atoms with Crippen LogP contribution in [-0.4, -0.2) is 15.8 Å². The molecule has 2 aromatic rings. The summed E-state index contributed by atoms with van der Waals surface area (Å²) in [5.41, 5.74) is 7.77. The van der Waals surface area contributed by atoms with Crippen molar-refractivity contribution in [2.45, 2.75) is 12.6 Å². The lowest BCUT2D eigenvalue weighted by molar-refractivity contribution is -0.384. The molecule has 1 aliphatic heterocycles. The number of pyridine rings is 1. The smallest absolute Gasteiger partial charge is 0.269 e. The van der Waals surface area contributed by atoms with Gasteiger partial charge in [-0.2, -0.15) is 0 Å². The van der Waals surface area contributed by atoms with Gasteiger partial charge in [-0.15, -0.1) is 0 Å². The third-order valence-electron chi connectivity index (χ3n) is 3.44. The molecule has 1 amide bonds. The zero-order valence-corrected chi connectivity index (χ0v) is 11.0. The predicted octanol–water partition coefficient (Wildman–Crippen LogP) is 1.54. The minimum atomic E-state index is -0.864. The number of nitro groups is 1. The van der Waals surface area contributed by atoms with Crippen molar-refractivity contribution in [1.82, 2.24) is 4.98 Å². The van der Waals surface area contributed by atoms with E-state index >= 15 is 0 Å². The van der Waals surface area contributed by atoms with Crippen LogP contribution >= 0.6 is 0 Å². The average Bonchev–Trinajstić information content (AvgIpc) is 2.73. The maximum Gasteiger partial charge on any atom is 0.269 e. The van der Waals surface area contributed by atoms with E-state index in [1.165, 1.54) is 17.0 Å². The van der Waals surface area contributed by atoms with E-state index in [9.17, 15) is 14.9 Å². The van der Waals surface area contributed by atoms with Gasteiger partial charge in [0.25, 0.3) is 5.69 Å². The van der Waals surface area contributed by atoms with E-state index < -0.39 is 11.0 Å². The molecule has 1 aliphatic rings. The molecule has 0 saturated carbocycles. The van der Waals surface area contributed by atoms with Crippen LogP contribution in [0.5, 0.6) is 0 Å². The van der Waals surface area contributed by atoms with Crippen LogP contribution in [0.3, 0.4) is 0 Å². The number of carbonyl (C=O) groups excluding carboxylic acids is 1. The Bertz CT molecular complexity index is 717. The molecule has 0 aliphatic carbocycles. The molecule has 0 radical (unpaired) electrons. The van der Waals surface area contributed by atoms with Gasteiger partial charge in [0.05, 0.1) is 11.5 Å². The van der Waals surface area contributed by atoms with E-state index in [-0.39, 0.29) is 11.6 Å². The summed E-state index contributed by atoms with van der Waals surface area (Å²) in [6, 6.07) is 7.08. The SMILES string of the molecule is NC1C(=O)N(Cc2cccnc2)c2ccc([N+](=O)[O-])cc21. The quantitative estimate of drug-likeness (QED) is 0.680. The molecule has 1 atom stereocenters. The molecule has 1 unspecified atom stereocenters. The Morgan fingerprint density at radius 3 is 2.86 bits per heavy atom. The second-order valence-corrected chi connectivity index (χ2v) is 4.76. The Kier molecular flexibility index (Phi) is 3.11. The normalized spacial score (nSPS) is 16.9. The van der Waals surface area contributed by atoms with Gasteiger partial charge in [-0.05, 0) is 17.7 Å². The summed E-state index contributed by atoms with van der Waals surface area (Å²) >= 11 is 0. The fourth-order valence-corrected chi connectivity index (χ4v) is 2.41. The summed E-state index contributed by atoms with van der Waals surface area (Å²) in [5, 5.41) is 10.8. The number of nitrogens with zero attached hydrogens (tertiary/aromatic N) is 3. The van der Waals surface area contributed by atoms with Crippen molar-refractivity contribution < 1.29 is 9.72 Å². The topological polar surface area (TPSA) is 102 Å². The molecule has 0 spiro atoms. The highest BCUT2D eigenvalue weighted by Crippen LogP contribution is 2.37. The first-order valence-corrected chi connectivity index (χ1v) is 6.32. The monoisotopic (exact) mass is 284 g/mol. The van der Waals surface area contributed by atoms with Gasteiger partial charge in [0.15, 0.2) is 0 Å². The highest BCUT2D eigenvalue weighted by atomic mass is 16.6. The summed E-state index contributed by atoms with van der Waals surface area (Å²) in [4.78, 5) is 28.1. The minimum absolute atomic E-state index is 0.0692. The van der Waals surface area contributed by atoms with Crippen molar-refractivity contribution in [3.05, 3.63) is 64.0 Å². The number of fused-ring (bicyclic) bond motifs is 1. The number of carbonyl (C=O) groups is 1. The van der Waals surface area contributed by atoms with Crippen LogP contribution in [0, 0.1) is 10.1 Å². The van der Waals surface area contributed by atoms with E-state index in [0.717, 1.165) is 5.56 Å². The van der Waals surface area contributed by atoms with Gasteiger partial charge in [0.1, 0.15) is 6.04 Å². The summed E-state index contributed by atoms with van der Waals surface area (Å²) in [6.07, 6.45) is 3.32. The zero-order chi connectivity index (χ0) is 15.0. The number of hydrogen-bond donors (Lipinski definition) is 1. The molecule has 0 bridgehead atoms. The number of hydrogen-bond acceptors (Lipinski definition) is 5. The van der Waals surface area contributed by atoms with Gasteiger partial charge in [0, 0.05) is 35.8 Å². The second kappa shape index (κ2) is 4.95. The molecule has 2 N–H and O–H groups in total. The molecular formula is C14H12N4O3. The van der Waals surface area contributed by atoms with E-state index in [2.05, 4.69) is 4.98 Å². The molecular weight excluding hydrogens is 272 g/mol.